The van der Waals surface area contributed by atoms with Gasteiger partial charge < -0.3 is 14.1 Å². The van der Waals surface area contributed by atoms with Crippen LogP contribution in [0.4, 0.5) is 4.39 Å². The molecule has 9 heteroatoms. The first-order valence-electron chi connectivity index (χ1n) is 9.60. The fourth-order valence-electron chi connectivity index (χ4n) is 3.77. The molecule has 1 atom stereocenters. The molecule has 1 unspecified atom stereocenters. The van der Waals surface area contributed by atoms with Crippen LogP contribution in [0.2, 0.25) is 0 Å². The maximum absolute atomic E-state index is 12.9. The molecule has 0 aliphatic carbocycles. The maximum atomic E-state index is 12.9. The predicted molar refractivity (Wildman–Crippen MR) is 104 cm³/mol. The molecule has 0 saturated carbocycles. The number of benzene rings is 1. The summed E-state index contributed by atoms with van der Waals surface area (Å²) in [5.74, 6) is 1.23. The fraction of sp³-hybridized carbons (Fsp3) is 0.450. The molecule has 7 nitrogen and oxygen atoms in total. The van der Waals surface area contributed by atoms with Crippen LogP contribution in [0, 0.1) is 5.82 Å². The van der Waals surface area contributed by atoms with E-state index >= 15 is 0 Å². The van der Waals surface area contributed by atoms with Crippen LogP contribution in [-0.4, -0.2) is 67.9 Å². The summed E-state index contributed by atoms with van der Waals surface area (Å²) in [4.78, 5) is 16.6. The zero-order chi connectivity index (χ0) is 20.4. The molecule has 0 spiro atoms. The first kappa shape index (κ1) is 19.9. The molecule has 156 valence electrons. The topological polar surface area (TPSA) is 80.1 Å². The SMILES string of the molecule is O=C(c1ccc(COc2ccc(F)cc2)o1)N1CCN(C2CCS(=O)(=O)C2)CC1. The van der Waals surface area contributed by atoms with E-state index in [0.29, 0.717) is 44.1 Å². The highest BCUT2D eigenvalue weighted by Crippen LogP contribution is 2.21. The van der Waals surface area contributed by atoms with Gasteiger partial charge in [-0.25, -0.2) is 12.8 Å². The highest BCUT2D eigenvalue weighted by atomic mass is 32.2. The summed E-state index contributed by atoms with van der Waals surface area (Å²) in [6.07, 6.45) is 0.672. The van der Waals surface area contributed by atoms with Crippen LogP contribution < -0.4 is 4.74 Å². The van der Waals surface area contributed by atoms with Crippen molar-refractivity contribution in [1.82, 2.24) is 9.80 Å². The zero-order valence-corrected chi connectivity index (χ0v) is 16.7. The second-order valence-electron chi connectivity index (χ2n) is 7.39. The van der Waals surface area contributed by atoms with Crippen molar-refractivity contribution in [3.63, 3.8) is 0 Å². The number of hydrogen-bond donors (Lipinski definition) is 0. The van der Waals surface area contributed by atoms with Gasteiger partial charge in [-0.1, -0.05) is 0 Å². The van der Waals surface area contributed by atoms with Gasteiger partial charge in [-0.15, -0.1) is 0 Å². The van der Waals surface area contributed by atoms with Crippen LogP contribution in [0.5, 0.6) is 5.75 Å². The van der Waals surface area contributed by atoms with Crippen molar-refractivity contribution in [3.8, 4) is 5.75 Å². The van der Waals surface area contributed by atoms with Gasteiger partial charge in [-0.05, 0) is 42.8 Å². The molecule has 2 aliphatic heterocycles. The van der Waals surface area contributed by atoms with E-state index in [9.17, 15) is 17.6 Å². The number of piperazine rings is 1. The van der Waals surface area contributed by atoms with Crippen LogP contribution in [0.1, 0.15) is 22.7 Å². The second kappa shape index (κ2) is 8.16. The Bertz CT molecular complexity index is 965. The first-order chi connectivity index (χ1) is 13.9. The molecular weight excluding hydrogens is 399 g/mol. The Morgan fingerprint density at radius 2 is 1.83 bits per heavy atom. The monoisotopic (exact) mass is 422 g/mol. The molecule has 0 radical (unpaired) electrons. The molecule has 1 aromatic carbocycles. The van der Waals surface area contributed by atoms with E-state index < -0.39 is 9.84 Å². The third-order valence-corrected chi connectivity index (χ3v) is 7.14. The number of hydrogen-bond acceptors (Lipinski definition) is 6. The Labute approximate surface area is 169 Å². The van der Waals surface area contributed by atoms with Gasteiger partial charge in [0.05, 0.1) is 11.5 Å². The lowest BCUT2D eigenvalue weighted by molar-refractivity contribution is 0.0555. The minimum absolute atomic E-state index is 0.0658. The molecule has 2 saturated heterocycles. The van der Waals surface area contributed by atoms with E-state index in [1.165, 1.54) is 24.3 Å². The number of nitrogens with zero attached hydrogens (tertiary/aromatic N) is 2. The maximum Gasteiger partial charge on any atom is 0.289 e. The van der Waals surface area contributed by atoms with Crippen LogP contribution in [0.3, 0.4) is 0 Å². The van der Waals surface area contributed by atoms with Crippen molar-refractivity contribution >= 4 is 15.7 Å². The van der Waals surface area contributed by atoms with Crippen molar-refractivity contribution in [2.45, 2.75) is 19.1 Å². The largest absolute Gasteiger partial charge is 0.486 e. The summed E-state index contributed by atoms with van der Waals surface area (Å²) < 4.78 is 47.4. The molecule has 0 bridgehead atoms. The average molecular weight is 422 g/mol. The van der Waals surface area contributed by atoms with Gasteiger partial charge in [-0.3, -0.25) is 9.69 Å². The quantitative estimate of drug-likeness (QED) is 0.733. The van der Waals surface area contributed by atoms with Gasteiger partial charge in [0.2, 0.25) is 0 Å². The van der Waals surface area contributed by atoms with E-state index in [0.717, 1.165) is 0 Å². The molecule has 4 rings (SSSR count). The highest BCUT2D eigenvalue weighted by Gasteiger charge is 2.34. The number of carbonyl (C=O) groups excluding carboxylic acids is 1. The second-order valence-corrected chi connectivity index (χ2v) is 9.62. The van der Waals surface area contributed by atoms with Crippen molar-refractivity contribution in [2.24, 2.45) is 0 Å². The summed E-state index contributed by atoms with van der Waals surface area (Å²) in [5, 5.41) is 0. The van der Waals surface area contributed by atoms with Crippen molar-refractivity contribution in [2.75, 3.05) is 37.7 Å². The standard InChI is InChI=1S/C20H23FN2O5S/c21-15-1-3-17(4-2-15)27-13-18-5-6-19(28-18)20(24)23-10-8-22(9-11-23)16-7-12-29(25,26)14-16/h1-6,16H,7-14H2. The van der Waals surface area contributed by atoms with Crippen molar-refractivity contribution < 1.29 is 26.8 Å². The number of halogens is 1. The van der Waals surface area contributed by atoms with Crippen molar-refractivity contribution in [1.29, 1.82) is 0 Å². The van der Waals surface area contributed by atoms with Gasteiger partial charge >= 0.3 is 0 Å². The third-order valence-electron chi connectivity index (χ3n) is 5.39. The van der Waals surface area contributed by atoms with Gasteiger partial charge in [0.1, 0.15) is 23.9 Å². The molecule has 1 amide bonds. The van der Waals surface area contributed by atoms with E-state index in [2.05, 4.69) is 4.90 Å². The zero-order valence-electron chi connectivity index (χ0n) is 15.9. The normalized spacial score (nSPS) is 22.0. The van der Waals surface area contributed by atoms with Crippen LogP contribution in [0.25, 0.3) is 0 Å². The molecule has 3 heterocycles. The summed E-state index contributed by atoms with van der Waals surface area (Å²) >= 11 is 0. The minimum atomic E-state index is -2.91. The van der Waals surface area contributed by atoms with Gasteiger partial charge in [0.25, 0.3) is 5.91 Å². The number of ether oxygens (including phenoxy) is 1. The van der Waals surface area contributed by atoms with E-state index in [4.69, 9.17) is 9.15 Å². The van der Waals surface area contributed by atoms with E-state index in [1.807, 2.05) is 0 Å². The number of amides is 1. The van der Waals surface area contributed by atoms with E-state index in [1.54, 1.807) is 17.0 Å². The fourth-order valence-corrected chi connectivity index (χ4v) is 5.53. The average Bonchev–Trinajstić information content (AvgIpc) is 3.33. The lowest BCUT2D eigenvalue weighted by atomic mass is 10.2. The Balaban J connectivity index is 1.28. The van der Waals surface area contributed by atoms with Crippen LogP contribution in [-0.2, 0) is 16.4 Å². The molecule has 29 heavy (non-hydrogen) atoms. The Kier molecular flexibility index (Phi) is 5.60. The van der Waals surface area contributed by atoms with E-state index in [-0.39, 0.29) is 41.6 Å². The third kappa shape index (κ3) is 4.79. The Morgan fingerprint density at radius 3 is 2.48 bits per heavy atom. The lowest BCUT2D eigenvalue weighted by Gasteiger charge is -2.37. The Morgan fingerprint density at radius 1 is 1.10 bits per heavy atom. The first-order valence-corrected chi connectivity index (χ1v) is 11.4. The number of rotatable bonds is 5. The summed E-state index contributed by atoms with van der Waals surface area (Å²) in [6.45, 7) is 2.54. The number of carbonyl (C=O) groups is 1. The minimum Gasteiger partial charge on any atom is -0.486 e. The molecule has 0 N–H and O–H groups in total. The molecule has 2 aromatic rings. The predicted octanol–water partition coefficient (Wildman–Crippen LogP) is 1.94. The summed E-state index contributed by atoms with van der Waals surface area (Å²) in [5.41, 5.74) is 0. The Hall–Kier alpha value is -2.39. The van der Waals surface area contributed by atoms with Crippen molar-refractivity contribution in [3.05, 3.63) is 53.7 Å². The molecule has 1 aromatic heterocycles. The summed E-state index contributed by atoms with van der Waals surface area (Å²) in [7, 11) is -2.91. The van der Waals surface area contributed by atoms with Gasteiger partial charge in [-0.2, -0.15) is 0 Å². The molecule has 2 fully saturated rings. The van der Waals surface area contributed by atoms with Crippen LogP contribution in [0.15, 0.2) is 40.8 Å². The van der Waals surface area contributed by atoms with Crippen LogP contribution >= 0.6 is 0 Å². The molecular formula is C20H23FN2O5S. The summed E-state index contributed by atoms with van der Waals surface area (Å²) in [6, 6.07) is 9.06. The smallest absolute Gasteiger partial charge is 0.289 e. The van der Waals surface area contributed by atoms with Gasteiger partial charge in [0, 0.05) is 32.2 Å². The highest BCUT2D eigenvalue weighted by molar-refractivity contribution is 7.91. The number of furan rings is 1. The number of sulfone groups is 1. The molecule has 2 aliphatic rings. The lowest BCUT2D eigenvalue weighted by Crippen LogP contribution is -2.52. The van der Waals surface area contributed by atoms with Gasteiger partial charge in [0.15, 0.2) is 15.6 Å².